The third-order valence-electron chi connectivity index (χ3n) is 6.30. The molecule has 1 saturated heterocycles. The van der Waals surface area contributed by atoms with Crippen LogP contribution in [-0.4, -0.2) is 36.0 Å². The Morgan fingerprint density at radius 1 is 1.03 bits per heavy atom. The molecule has 3 aromatic rings. The number of alkyl halides is 3. The molecule has 4 rings (SSSR count). The number of nitrogens with one attached hydrogen (secondary N) is 1. The van der Waals surface area contributed by atoms with Gasteiger partial charge in [-0.25, -0.2) is 4.39 Å². The topological polar surface area (TPSA) is 84.7 Å². The van der Waals surface area contributed by atoms with Crippen molar-refractivity contribution < 1.29 is 31.9 Å². The highest BCUT2D eigenvalue weighted by molar-refractivity contribution is 5.99. The third kappa shape index (κ3) is 5.43. The number of anilines is 2. The second-order valence-corrected chi connectivity index (χ2v) is 8.85. The van der Waals surface area contributed by atoms with Gasteiger partial charge in [0.2, 0.25) is 0 Å². The van der Waals surface area contributed by atoms with Crippen molar-refractivity contribution in [2.75, 3.05) is 24.2 Å². The maximum Gasteiger partial charge on any atom is 0.416 e. The van der Waals surface area contributed by atoms with E-state index >= 15 is 0 Å². The number of halogens is 4. The summed E-state index contributed by atoms with van der Waals surface area (Å²) in [6.45, 7) is 2.96. The number of aryl methyl sites for hydroxylation is 2. The Balaban J connectivity index is 1.71. The minimum absolute atomic E-state index is 0.0104. The highest BCUT2D eigenvalue weighted by atomic mass is 19.4. The van der Waals surface area contributed by atoms with Crippen molar-refractivity contribution in [1.82, 2.24) is 4.90 Å². The van der Waals surface area contributed by atoms with Gasteiger partial charge in [0.15, 0.2) is 6.10 Å². The van der Waals surface area contributed by atoms with Crippen LogP contribution in [0.25, 0.3) is 0 Å². The first-order valence-corrected chi connectivity index (χ1v) is 11.5. The molecule has 3 aromatic carbocycles. The van der Waals surface area contributed by atoms with Gasteiger partial charge >= 0.3 is 6.18 Å². The summed E-state index contributed by atoms with van der Waals surface area (Å²) in [5, 5.41) is 2.48. The average Bonchev–Trinajstić information content (AvgIpc) is 2.84. The number of hydrogen-bond acceptors (Lipinski definition) is 4. The summed E-state index contributed by atoms with van der Waals surface area (Å²) in [6.07, 6.45) is -5.89. The van der Waals surface area contributed by atoms with Crippen LogP contribution < -0.4 is 11.1 Å². The summed E-state index contributed by atoms with van der Waals surface area (Å²) < 4.78 is 60.6. The molecule has 194 valence electrons. The number of morpholine rings is 1. The average molecular weight is 516 g/mol. The van der Waals surface area contributed by atoms with Gasteiger partial charge in [0.1, 0.15) is 5.82 Å². The Morgan fingerprint density at radius 2 is 1.73 bits per heavy atom. The monoisotopic (exact) mass is 515 g/mol. The standard InChI is InChI=1S/C27H25F4N3O3/c1-15-6-11-19(14-20(15)27(29,30)31)33-25(35)24-23(17-7-9-18(32)10-8-17)34(12-13-37-24)26(36)22-16(2)4-3-5-21(22)28/h3-11,14,23-24H,12-13,32H2,1-2H3,(H,33,35)/t23-,24-/m0/s1. The molecule has 2 atom stereocenters. The summed E-state index contributed by atoms with van der Waals surface area (Å²) in [7, 11) is 0. The van der Waals surface area contributed by atoms with Gasteiger partial charge in [-0.3, -0.25) is 9.59 Å². The highest BCUT2D eigenvalue weighted by Crippen LogP contribution is 2.35. The van der Waals surface area contributed by atoms with Crippen LogP contribution in [0.1, 0.15) is 38.7 Å². The smallest absolute Gasteiger partial charge is 0.399 e. The number of nitrogens with zero attached hydrogens (tertiary/aromatic N) is 1. The van der Waals surface area contributed by atoms with E-state index in [1.165, 1.54) is 36.1 Å². The zero-order valence-electron chi connectivity index (χ0n) is 20.1. The molecule has 1 fully saturated rings. The quantitative estimate of drug-likeness (QED) is 0.367. The van der Waals surface area contributed by atoms with Gasteiger partial charge in [-0.2, -0.15) is 13.2 Å². The molecule has 10 heteroatoms. The van der Waals surface area contributed by atoms with Gasteiger partial charge < -0.3 is 20.7 Å². The Hall–Kier alpha value is -3.92. The minimum atomic E-state index is -4.60. The maximum atomic E-state index is 14.7. The van der Waals surface area contributed by atoms with Crippen LogP contribution in [0.4, 0.5) is 28.9 Å². The van der Waals surface area contributed by atoms with Crippen LogP contribution in [0.3, 0.4) is 0 Å². The van der Waals surface area contributed by atoms with Crippen LogP contribution in [0.15, 0.2) is 60.7 Å². The van der Waals surface area contributed by atoms with Crippen molar-refractivity contribution in [1.29, 1.82) is 0 Å². The lowest BCUT2D eigenvalue weighted by Crippen LogP contribution is -2.52. The fourth-order valence-corrected chi connectivity index (χ4v) is 4.43. The molecule has 6 nitrogen and oxygen atoms in total. The lowest BCUT2D eigenvalue weighted by molar-refractivity contribution is -0.139. The number of carbonyl (C=O) groups is 2. The molecule has 1 aliphatic rings. The Bertz CT molecular complexity index is 1310. The van der Waals surface area contributed by atoms with E-state index in [4.69, 9.17) is 10.5 Å². The predicted octanol–water partition coefficient (Wildman–Crippen LogP) is 5.26. The van der Waals surface area contributed by atoms with E-state index in [1.54, 1.807) is 37.3 Å². The Labute approximate surface area is 211 Å². The summed E-state index contributed by atoms with van der Waals surface area (Å²) in [6, 6.07) is 13.2. The number of rotatable bonds is 4. The van der Waals surface area contributed by atoms with Gasteiger partial charge in [-0.15, -0.1) is 0 Å². The van der Waals surface area contributed by atoms with Crippen molar-refractivity contribution in [2.45, 2.75) is 32.2 Å². The van der Waals surface area contributed by atoms with Gasteiger partial charge in [0.25, 0.3) is 11.8 Å². The number of ether oxygens (including phenoxy) is 1. The van der Waals surface area contributed by atoms with Crippen LogP contribution in [0.5, 0.6) is 0 Å². The van der Waals surface area contributed by atoms with Crippen molar-refractivity contribution in [3.8, 4) is 0 Å². The minimum Gasteiger partial charge on any atom is -0.399 e. The molecule has 0 bridgehead atoms. The number of nitrogens with two attached hydrogens (primary N) is 1. The van der Waals surface area contributed by atoms with E-state index in [1.807, 2.05) is 0 Å². The third-order valence-corrected chi connectivity index (χ3v) is 6.30. The summed E-state index contributed by atoms with van der Waals surface area (Å²) in [5.74, 6) is -2.08. The molecule has 2 amide bonds. The van der Waals surface area contributed by atoms with Crippen LogP contribution >= 0.6 is 0 Å². The van der Waals surface area contributed by atoms with E-state index < -0.39 is 41.5 Å². The van der Waals surface area contributed by atoms with E-state index in [9.17, 15) is 27.2 Å². The van der Waals surface area contributed by atoms with E-state index in [0.29, 0.717) is 16.8 Å². The van der Waals surface area contributed by atoms with E-state index in [-0.39, 0.29) is 30.0 Å². The molecule has 1 aliphatic heterocycles. The molecule has 37 heavy (non-hydrogen) atoms. The number of carbonyl (C=O) groups excluding carboxylic acids is 2. The first-order valence-electron chi connectivity index (χ1n) is 11.5. The molecule has 0 saturated carbocycles. The van der Waals surface area contributed by atoms with Crippen LogP contribution in [0.2, 0.25) is 0 Å². The predicted molar refractivity (Wildman–Crippen MR) is 130 cm³/mol. The lowest BCUT2D eigenvalue weighted by atomic mass is 9.95. The van der Waals surface area contributed by atoms with Gasteiger partial charge in [-0.1, -0.05) is 30.3 Å². The van der Waals surface area contributed by atoms with E-state index in [2.05, 4.69) is 5.32 Å². The number of benzene rings is 3. The molecule has 0 unspecified atom stereocenters. The summed E-state index contributed by atoms with van der Waals surface area (Å²) in [5.41, 5.74) is 6.11. The second kappa shape index (κ2) is 10.2. The van der Waals surface area contributed by atoms with Gasteiger partial charge in [0.05, 0.1) is 23.8 Å². The van der Waals surface area contributed by atoms with Crippen molar-refractivity contribution in [3.63, 3.8) is 0 Å². The van der Waals surface area contributed by atoms with Crippen molar-refractivity contribution >= 4 is 23.2 Å². The molecule has 1 heterocycles. The van der Waals surface area contributed by atoms with Gasteiger partial charge in [-0.05, 0) is 60.9 Å². The summed E-state index contributed by atoms with van der Waals surface area (Å²) in [4.78, 5) is 28.3. The zero-order chi connectivity index (χ0) is 26.9. The second-order valence-electron chi connectivity index (χ2n) is 8.85. The fraction of sp³-hybridized carbons (Fsp3) is 0.259. The first kappa shape index (κ1) is 26.2. The van der Waals surface area contributed by atoms with Crippen LogP contribution in [0, 0.1) is 19.7 Å². The number of amides is 2. The Morgan fingerprint density at radius 3 is 2.38 bits per heavy atom. The molecular formula is C27H25F4N3O3. The molecular weight excluding hydrogens is 490 g/mol. The molecule has 3 N–H and O–H groups in total. The summed E-state index contributed by atoms with van der Waals surface area (Å²) >= 11 is 0. The molecule has 0 aliphatic carbocycles. The number of nitrogen functional groups attached to an aromatic ring is 1. The molecule has 0 radical (unpaired) electrons. The van der Waals surface area contributed by atoms with Crippen LogP contribution in [-0.2, 0) is 15.7 Å². The van der Waals surface area contributed by atoms with Crippen molar-refractivity contribution in [3.05, 3.63) is 94.3 Å². The fourth-order valence-electron chi connectivity index (χ4n) is 4.43. The number of hydrogen-bond donors (Lipinski definition) is 2. The normalized spacial score (nSPS) is 17.9. The Kier molecular flexibility index (Phi) is 7.22. The van der Waals surface area contributed by atoms with Gasteiger partial charge in [0, 0.05) is 17.9 Å². The zero-order valence-corrected chi connectivity index (χ0v) is 20.1. The highest BCUT2D eigenvalue weighted by Gasteiger charge is 2.42. The first-order chi connectivity index (χ1) is 17.5. The largest absolute Gasteiger partial charge is 0.416 e. The van der Waals surface area contributed by atoms with Crippen molar-refractivity contribution in [2.24, 2.45) is 0 Å². The SMILES string of the molecule is Cc1ccc(NC(=O)[C@H]2OCCN(C(=O)c3c(C)cccc3F)[C@H]2c2ccc(N)cc2)cc1C(F)(F)F. The lowest BCUT2D eigenvalue weighted by Gasteiger charge is -2.41. The molecule has 0 aromatic heterocycles. The maximum absolute atomic E-state index is 14.7. The molecule has 0 spiro atoms. The van der Waals surface area contributed by atoms with E-state index in [0.717, 1.165) is 6.07 Å².